The summed E-state index contributed by atoms with van der Waals surface area (Å²) in [5.41, 5.74) is 7.61. The molecule has 0 aliphatic carbocycles. The van der Waals surface area contributed by atoms with Crippen molar-refractivity contribution in [2.45, 2.75) is 0 Å². The van der Waals surface area contributed by atoms with Crippen LogP contribution in [0.1, 0.15) is 0 Å². The first-order valence-corrected chi connectivity index (χ1v) is 16.5. The highest BCUT2D eigenvalue weighted by atomic mass is 32.1. The number of hydrogen-bond acceptors (Lipinski definition) is 4. The van der Waals surface area contributed by atoms with Gasteiger partial charge in [-0.05, 0) is 63.4 Å². The van der Waals surface area contributed by atoms with E-state index in [-0.39, 0.29) is 0 Å². The van der Waals surface area contributed by atoms with Gasteiger partial charge >= 0.3 is 0 Å². The minimum Gasteiger partial charge on any atom is -0.208 e. The van der Waals surface area contributed by atoms with Gasteiger partial charge in [0.15, 0.2) is 17.5 Å². The molecule has 0 atom stereocenters. The van der Waals surface area contributed by atoms with E-state index in [1.54, 1.807) is 11.3 Å². The van der Waals surface area contributed by atoms with Crippen molar-refractivity contribution < 1.29 is 0 Å². The minimum absolute atomic E-state index is 0.653. The van der Waals surface area contributed by atoms with E-state index in [2.05, 4.69) is 152 Å². The first-order valence-electron chi connectivity index (χ1n) is 15.7. The van der Waals surface area contributed by atoms with Crippen LogP contribution in [0.4, 0.5) is 0 Å². The fourth-order valence-corrected chi connectivity index (χ4v) is 7.55. The molecule has 0 saturated heterocycles. The Balaban J connectivity index is 1.22. The van der Waals surface area contributed by atoms with Crippen molar-refractivity contribution in [1.82, 2.24) is 15.0 Å². The molecule has 0 N–H and O–H groups in total. The molecule has 7 aromatic carbocycles. The molecule has 0 spiro atoms. The molecule has 9 aromatic rings. The van der Waals surface area contributed by atoms with E-state index in [1.165, 1.54) is 36.7 Å². The molecule has 0 unspecified atom stereocenters. The zero-order valence-corrected chi connectivity index (χ0v) is 26.2. The van der Waals surface area contributed by atoms with E-state index in [9.17, 15) is 0 Å². The van der Waals surface area contributed by atoms with Gasteiger partial charge in [0.2, 0.25) is 0 Å². The number of nitrogens with zero attached hydrogens (tertiary/aromatic N) is 3. The van der Waals surface area contributed by atoms with Gasteiger partial charge in [0.05, 0.1) is 0 Å². The Morgan fingerprint density at radius 2 is 0.851 bits per heavy atom. The summed E-state index contributed by atoms with van der Waals surface area (Å²) in [6.45, 7) is 0. The minimum atomic E-state index is 0.653. The second-order valence-corrected chi connectivity index (χ2v) is 12.7. The third-order valence-electron chi connectivity index (χ3n) is 8.71. The van der Waals surface area contributed by atoms with Crippen molar-refractivity contribution in [3.8, 4) is 56.4 Å². The average Bonchev–Trinajstić information content (AvgIpc) is 3.54. The molecule has 0 bridgehead atoms. The molecule has 3 nitrogen and oxygen atoms in total. The summed E-state index contributed by atoms with van der Waals surface area (Å²) in [5, 5.41) is 4.79. The van der Waals surface area contributed by atoms with E-state index in [4.69, 9.17) is 15.0 Å². The van der Waals surface area contributed by atoms with Gasteiger partial charge in [-0.25, -0.2) is 15.0 Å². The second-order valence-electron chi connectivity index (χ2n) is 11.7. The highest BCUT2D eigenvalue weighted by molar-refractivity contribution is 7.26. The topological polar surface area (TPSA) is 38.7 Å². The highest BCUT2D eigenvalue weighted by Gasteiger charge is 2.17. The van der Waals surface area contributed by atoms with Crippen molar-refractivity contribution in [3.05, 3.63) is 164 Å². The second kappa shape index (κ2) is 11.4. The van der Waals surface area contributed by atoms with Crippen LogP contribution in [0.3, 0.4) is 0 Å². The fourth-order valence-electron chi connectivity index (χ4n) is 6.34. The van der Waals surface area contributed by atoms with Gasteiger partial charge in [0, 0.05) is 36.9 Å². The summed E-state index contributed by atoms with van der Waals surface area (Å²) < 4.78 is 2.44. The van der Waals surface area contributed by atoms with E-state index in [0.717, 1.165) is 33.2 Å². The third kappa shape index (κ3) is 5.05. The fraction of sp³-hybridized carbons (Fsp3) is 0. The molecule has 0 amide bonds. The third-order valence-corrected chi connectivity index (χ3v) is 9.93. The number of rotatable bonds is 5. The first kappa shape index (κ1) is 27.3. The Bertz CT molecular complexity index is 2570. The van der Waals surface area contributed by atoms with Crippen molar-refractivity contribution in [3.63, 3.8) is 0 Å². The van der Waals surface area contributed by atoms with Crippen molar-refractivity contribution in [1.29, 1.82) is 0 Å². The zero-order valence-electron chi connectivity index (χ0n) is 25.3. The summed E-state index contributed by atoms with van der Waals surface area (Å²) in [4.78, 5) is 15.4. The van der Waals surface area contributed by atoms with Crippen LogP contribution in [0.25, 0.3) is 87.4 Å². The Morgan fingerprint density at radius 1 is 0.340 bits per heavy atom. The lowest BCUT2D eigenvalue weighted by atomic mass is 10.00. The SMILES string of the molecule is c1ccc(-c2cccc(-c3nc(-c4ccc5cc(-c6ccccc6)ccc5c4)nc(-c4cccc5c4sc4ccccc45)n3)c2)cc1. The van der Waals surface area contributed by atoms with Crippen LogP contribution in [0.2, 0.25) is 0 Å². The zero-order chi connectivity index (χ0) is 31.2. The largest absolute Gasteiger partial charge is 0.208 e. The Morgan fingerprint density at radius 3 is 1.60 bits per heavy atom. The van der Waals surface area contributed by atoms with Crippen molar-refractivity contribution in [2.24, 2.45) is 0 Å². The average molecular weight is 618 g/mol. The van der Waals surface area contributed by atoms with E-state index in [1.807, 2.05) is 12.1 Å². The number of fused-ring (bicyclic) bond motifs is 4. The van der Waals surface area contributed by atoms with Gasteiger partial charge in [-0.2, -0.15) is 0 Å². The number of benzene rings is 7. The summed E-state index contributed by atoms with van der Waals surface area (Å²) >= 11 is 1.79. The predicted octanol–water partition coefficient (Wildman–Crippen LogP) is 11.7. The smallest absolute Gasteiger partial charge is 0.165 e. The van der Waals surface area contributed by atoms with Gasteiger partial charge in [-0.15, -0.1) is 11.3 Å². The molecule has 2 aromatic heterocycles. The van der Waals surface area contributed by atoms with Crippen molar-refractivity contribution in [2.75, 3.05) is 0 Å². The van der Waals surface area contributed by atoms with E-state index < -0.39 is 0 Å². The summed E-state index contributed by atoms with van der Waals surface area (Å²) in [6.07, 6.45) is 0. The lowest BCUT2D eigenvalue weighted by Crippen LogP contribution is -2.00. The Kier molecular flexibility index (Phi) is 6.65. The summed E-state index contributed by atoms with van der Waals surface area (Å²) in [5.74, 6) is 1.98. The maximum absolute atomic E-state index is 5.16. The molecule has 4 heteroatoms. The molecule has 9 rings (SSSR count). The molecule has 0 aliphatic rings. The first-order chi connectivity index (χ1) is 23.3. The van der Waals surface area contributed by atoms with Crippen LogP contribution >= 0.6 is 11.3 Å². The molecule has 0 fully saturated rings. The van der Waals surface area contributed by atoms with Gasteiger partial charge in [-0.1, -0.05) is 133 Å². The molecule has 2 heterocycles. The number of aromatic nitrogens is 3. The van der Waals surface area contributed by atoms with Gasteiger partial charge < -0.3 is 0 Å². The molecule has 0 aliphatic heterocycles. The van der Waals surface area contributed by atoms with Crippen LogP contribution in [-0.4, -0.2) is 15.0 Å². The van der Waals surface area contributed by atoms with Crippen molar-refractivity contribution >= 4 is 42.3 Å². The Labute approximate surface area is 276 Å². The normalized spacial score (nSPS) is 11.4. The van der Waals surface area contributed by atoms with Crippen LogP contribution in [0.15, 0.2) is 164 Å². The molecule has 0 radical (unpaired) electrons. The summed E-state index contributed by atoms with van der Waals surface area (Å²) in [6, 6.07) is 57.5. The molecule has 47 heavy (non-hydrogen) atoms. The lowest BCUT2D eigenvalue weighted by molar-refractivity contribution is 1.08. The Hall–Kier alpha value is -5.97. The van der Waals surface area contributed by atoms with Gasteiger partial charge in [-0.3, -0.25) is 0 Å². The molecular formula is C43H27N3S. The number of hydrogen-bond donors (Lipinski definition) is 0. The quantitative estimate of drug-likeness (QED) is 0.193. The molecule has 0 saturated carbocycles. The summed E-state index contributed by atoms with van der Waals surface area (Å²) in [7, 11) is 0. The maximum atomic E-state index is 5.16. The van der Waals surface area contributed by atoms with Gasteiger partial charge in [0.25, 0.3) is 0 Å². The maximum Gasteiger partial charge on any atom is 0.165 e. The molecule has 220 valence electrons. The van der Waals surface area contributed by atoms with Crippen LogP contribution in [0, 0.1) is 0 Å². The van der Waals surface area contributed by atoms with E-state index >= 15 is 0 Å². The monoisotopic (exact) mass is 617 g/mol. The van der Waals surface area contributed by atoms with Gasteiger partial charge in [0.1, 0.15) is 0 Å². The lowest BCUT2D eigenvalue weighted by Gasteiger charge is -2.11. The standard InChI is InChI=1S/C43H27N3S/c1-3-11-28(12-4-1)30-15-9-16-34(26-30)41-44-42(35-24-23-32-25-31(21-22-33(32)27-35)29-13-5-2-6-14-29)46-43(45-41)38-19-10-18-37-36-17-7-8-20-39(36)47-40(37)38/h1-27H. The van der Waals surface area contributed by atoms with Crippen LogP contribution in [-0.2, 0) is 0 Å². The van der Waals surface area contributed by atoms with E-state index in [0.29, 0.717) is 17.5 Å². The van der Waals surface area contributed by atoms with Crippen LogP contribution in [0.5, 0.6) is 0 Å². The number of thiophene rings is 1. The predicted molar refractivity (Wildman–Crippen MR) is 197 cm³/mol. The van der Waals surface area contributed by atoms with Crippen LogP contribution < -0.4 is 0 Å². The highest BCUT2D eigenvalue weighted by Crippen LogP contribution is 2.40. The molecular weight excluding hydrogens is 591 g/mol.